The first-order chi connectivity index (χ1) is 13.5. The van der Waals surface area contributed by atoms with Crippen LogP contribution in [0.2, 0.25) is 10.0 Å². The van der Waals surface area contributed by atoms with Crippen molar-refractivity contribution in [3.8, 4) is 17.6 Å². The Morgan fingerprint density at radius 3 is 2.50 bits per heavy atom. The molecule has 2 aromatic rings. The first kappa shape index (κ1) is 21.6. The predicted molar refractivity (Wildman–Crippen MR) is 112 cm³/mol. The summed E-state index contributed by atoms with van der Waals surface area (Å²) < 4.78 is 11.3. The third kappa shape index (κ3) is 5.91. The molecule has 1 amide bonds. The van der Waals surface area contributed by atoms with Gasteiger partial charge in [0.2, 0.25) is 0 Å². The van der Waals surface area contributed by atoms with Gasteiger partial charge in [-0.1, -0.05) is 30.1 Å². The van der Waals surface area contributed by atoms with Gasteiger partial charge in [-0.25, -0.2) is 0 Å². The summed E-state index contributed by atoms with van der Waals surface area (Å²) in [5.41, 5.74) is 1.02. The number of amides is 1. The van der Waals surface area contributed by atoms with Crippen LogP contribution in [0.4, 0.5) is 5.69 Å². The zero-order valence-corrected chi connectivity index (χ0v) is 17.1. The molecule has 0 saturated carbocycles. The zero-order chi connectivity index (χ0) is 20.5. The van der Waals surface area contributed by atoms with Gasteiger partial charge in [-0.3, -0.25) is 4.79 Å². The lowest BCUT2D eigenvalue weighted by Gasteiger charge is -2.14. The van der Waals surface area contributed by atoms with Crippen molar-refractivity contribution in [2.45, 2.75) is 20.3 Å². The smallest absolute Gasteiger partial charge is 0.266 e. The van der Waals surface area contributed by atoms with Crippen molar-refractivity contribution < 1.29 is 14.3 Å². The molecule has 0 fully saturated rings. The maximum Gasteiger partial charge on any atom is 0.266 e. The molecule has 2 aromatic carbocycles. The largest absolute Gasteiger partial charge is 0.490 e. The van der Waals surface area contributed by atoms with E-state index < -0.39 is 5.91 Å². The summed E-state index contributed by atoms with van der Waals surface area (Å²) in [5.74, 6) is 0.377. The van der Waals surface area contributed by atoms with Crippen molar-refractivity contribution in [2.75, 3.05) is 18.5 Å². The number of nitrogens with zero attached hydrogens (tertiary/aromatic N) is 1. The van der Waals surface area contributed by atoms with E-state index in [0.717, 1.165) is 6.42 Å². The molecule has 0 heterocycles. The van der Waals surface area contributed by atoms with Gasteiger partial charge in [0, 0.05) is 10.7 Å². The Bertz CT molecular complexity index is 903. The van der Waals surface area contributed by atoms with Gasteiger partial charge >= 0.3 is 0 Å². The number of nitriles is 1. The van der Waals surface area contributed by atoms with E-state index in [0.29, 0.717) is 46.0 Å². The van der Waals surface area contributed by atoms with Crippen LogP contribution in [0.5, 0.6) is 11.5 Å². The molecule has 0 radical (unpaired) electrons. The number of carbonyl (C=O) groups is 1. The van der Waals surface area contributed by atoms with Gasteiger partial charge in [-0.2, -0.15) is 5.26 Å². The van der Waals surface area contributed by atoms with Gasteiger partial charge in [-0.05, 0) is 61.4 Å². The Balaban J connectivity index is 2.30. The van der Waals surface area contributed by atoms with Crippen molar-refractivity contribution >= 4 is 40.9 Å². The molecular formula is C21H20Cl2N2O3. The fourth-order valence-corrected chi connectivity index (χ4v) is 2.72. The topological polar surface area (TPSA) is 71.3 Å². The van der Waals surface area contributed by atoms with Crippen LogP contribution < -0.4 is 14.8 Å². The Morgan fingerprint density at radius 2 is 1.89 bits per heavy atom. The normalized spacial score (nSPS) is 10.9. The van der Waals surface area contributed by atoms with Crippen molar-refractivity contribution in [3.05, 3.63) is 57.6 Å². The molecule has 1 N–H and O–H groups in total. The molecule has 0 aliphatic carbocycles. The average molecular weight is 419 g/mol. The van der Waals surface area contributed by atoms with Crippen molar-refractivity contribution in [1.82, 2.24) is 0 Å². The van der Waals surface area contributed by atoms with Crippen LogP contribution in [0.15, 0.2) is 42.0 Å². The molecule has 7 heteroatoms. The third-order valence-electron chi connectivity index (χ3n) is 3.56. The summed E-state index contributed by atoms with van der Waals surface area (Å²) in [6.45, 7) is 4.76. The highest BCUT2D eigenvalue weighted by Crippen LogP contribution is 2.37. The first-order valence-corrected chi connectivity index (χ1v) is 9.51. The van der Waals surface area contributed by atoms with E-state index in [4.69, 9.17) is 32.7 Å². The van der Waals surface area contributed by atoms with Crippen LogP contribution in [-0.4, -0.2) is 19.1 Å². The number of anilines is 1. The van der Waals surface area contributed by atoms with Crippen LogP contribution in [-0.2, 0) is 4.79 Å². The molecule has 28 heavy (non-hydrogen) atoms. The number of hydrogen-bond acceptors (Lipinski definition) is 4. The fraction of sp³-hybridized carbons (Fsp3) is 0.238. The van der Waals surface area contributed by atoms with E-state index in [-0.39, 0.29) is 5.57 Å². The van der Waals surface area contributed by atoms with Crippen LogP contribution >= 0.6 is 23.2 Å². The maximum atomic E-state index is 12.4. The quantitative estimate of drug-likeness (QED) is 0.438. The number of hydrogen-bond donors (Lipinski definition) is 1. The highest BCUT2D eigenvalue weighted by Gasteiger charge is 2.14. The van der Waals surface area contributed by atoms with Gasteiger partial charge in [-0.15, -0.1) is 0 Å². The van der Waals surface area contributed by atoms with Crippen LogP contribution in [0.1, 0.15) is 25.8 Å². The molecule has 0 bridgehead atoms. The van der Waals surface area contributed by atoms with Crippen molar-refractivity contribution in [1.29, 1.82) is 5.26 Å². The highest BCUT2D eigenvalue weighted by molar-refractivity contribution is 6.32. The Hall–Kier alpha value is -2.68. The summed E-state index contributed by atoms with van der Waals surface area (Å²) in [6, 6.07) is 11.8. The maximum absolute atomic E-state index is 12.4. The second-order valence-electron chi connectivity index (χ2n) is 5.74. The zero-order valence-electron chi connectivity index (χ0n) is 15.6. The number of benzene rings is 2. The standard InChI is InChI=1S/C21H20Cl2N2O3/c1-3-9-28-20-18(23)11-14(12-19(20)27-4-2)10-15(13-24)21(26)25-17-7-5-16(22)6-8-17/h5-8,10-12H,3-4,9H2,1-2H3,(H,25,26)/b15-10+. The van der Waals surface area contributed by atoms with Gasteiger partial charge in [0.05, 0.1) is 18.2 Å². The summed E-state index contributed by atoms with van der Waals surface area (Å²) in [7, 11) is 0. The fourth-order valence-electron chi connectivity index (χ4n) is 2.33. The molecule has 0 unspecified atom stereocenters. The van der Waals surface area contributed by atoms with E-state index in [2.05, 4.69) is 5.32 Å². The molecule has 0 atom stereocenters. The Kier molecular flexibility index (Phi) is 8.19. The second-order valence-corrected chi connectivity index (χ2v) is 6.59. The number of halogens is 2. The first-order valence-electron chi connectivity index (χ1n) is 8.76. The monoisotopic (exact) mass is 418 g/mol. The molecule has 0 aliphatic rings. The average Bonchev–Trinajstić information content (AvgIpc) is 2.67. The minimum atomic E-state index is -0.537. The number of ether oxygens (including phenoxy) is 2. The molecule has 0 aliphatic heterocycles. The van der Waals surface area contributed by atoms with E-state index in [1.165, 1.54) is 6.08 Å². The summed E-state index contributed by atoms with van der Waals surface area (Å²) >= 11 is 12.2. The van der Waals surface area contributed by atoms with Crippen molar-refractivity contribution in [2.24, 2.45) is 0 Å². The van der Waals surface area contributed by atoms with Crippen molar-refractivity contribution in [3.63, 3.8) is 0 Å². The lowest BCUT2D eigenvalue weighted by atomic mass is 10.1. The lowest BCUT2D eigenvalue weighted by Crippen LogP contribution is -2.13. The summed E-state index contributed by atoms with van der Waals surface area (Å²) in [4.78, 5) is 12.4. The molecule has 5 nitrogen and oxygen atoms in total. The van der Waals surface area contributed by atoms with E-state index in [1.807, 2.05) is 19.9 Å². The van der Waals surface area contributed by atoms with E-state index in [1.54, 1.807) is 36.4 Å². The molecule has 2 rings (SSSR count). The second kappa shape index (κ2) is 10.6. The minimum Gasteiger partial charge on any atom is -0.490 e. The number of nitrogens with one attached hydrogen (secondary N) is 1. The van der Waals surface area contributed by atoms with Crippen LogP contribution in [0.25, 0.3) is 6.08 Å². The number of rotatable bonds is 8. The Labute approximate surface area is 174 Å². The van der Waals surface area contributed by atoms with Crippen LogP contribution in [0.3, 0.4) is 0 Å². The SMILES string of the molecule is CCCOc1c(Cl)cc(/C=C(\C#N)C(=O)Nc2ccc(Cl)cc2)cc1OCC. The number of carbonyl (C=O) groups excluding carboxylic acids is 1. The molecule has 0 saturated heterocycles. The lowest BCUT2D eigenvalue weighted by molar-refractivity contribution is -0.112. The highest BCUT2D eigenvalue weighted by atomic mass is 35.5. The van der Waals surface area contributed by atoms with Gasteiger partial charge < -0.3 is 14.8 Å². The summed E-state index contributed by atoms with van der Waals surface area (Å²) in [6.07, 6.45) is 2.27. The minimum absolute atomic E-state index is 0.0734. The molecular weight excluding hydrogens is 399 g/mol. The summed E-state index contributed by atoms with van der Waals surface area (Å²) in [5, 5.41) is 13.0. The van der Waals surface area contributed by atoms with E-state index in [9.17, 15) is 10.1 Å². The predicted octanol–water partition coefficient (Wildman–Crippen LogP) is 5.73. The van der Waals surface area contributed by atoms with Gasteiger partial charge in [0.25, 0.3) is 5.91 Å². The van der Waals surface area contributed by atoms with Gasteiger partial charge in [0.1, 0.15) is 11.6 Å². The molecule has 0 aromatic heterocycles. The Morgan fingerprint density at radius 1 is 1.18 bits per heavy atom. The third-order valence-corrected chi connectivity index (χ3v) is 4.09. The molecule has 0 spiro atoms. The van der Waals surface area contributed by atoms with Crippen LogP contribution in [0, 0.1) is 11.3 Å². The van der Waals surface area contributed by atoms with Gasteiger partial charge in [0.15, 0.2) is 11.5 Å². The molecule has 146 valence electrons. The van der Waals surface area contributed by atoms with E-state index >= 15 is 0 Å².